The molecular formula is C12H17NO4. The van der Waals surface area contributed by atoms with Gasteiger partial charge in [-0.1, -0.05) is 6.07 Å². The molecule has 1 atom stereocenters. The van der Waals surface area contributed by atoms with E-state index in [2.05, 4.69) is 5.32 Å². The van der Waals surface area contributed by atoms with Gasteiger partial charge in [-0.05, 0) is 25.1 Å². The van der Waals surface area contributed by atoms with Crippen LogP contribution >= 0.6 is 0 Å². The lowest BCUT2D eigenvalue weighted by Gasteiger charge is -2.11. The number of aliphatic hydroxyl groups excluding tert-OH is 2. The average Bonchev–Trinajstić information content (AvgIpc) is 2.36. The van der Waals surface area contributed by atoms with Crippen LogP contribution in [0.15, 0.2) is 24.3 Å². The minimum atomic E-state index is -0.818. The summed E-state index contributed by atoms with van der Waals surface area (Å²) in [6, 6.07) is 6.79. The van der Waals surface area contributed by atoms with Gasteiger partial charge in [-0.15, -0.1) is 0 Å². The maximum Gasteiger partial charge on any atom is 0.338 e. The molecule has 0 bridgehead atoms. The molecule has 5 heteroatoms. The minimum Gasteiger partial charge on any atom is -0.462 e. The lowest BCUT2D eigenvalue weighted by atomic mass is 10.2. The van der Waals surface area contributed by atoms with E-state index in [9.17, 15) is 9.90 Å². The topological polar surface area (TPSA) is 78.8 Å². The van der Waals surface area contributed by atoms with Crippen molar-refractivity contribution in [1.82, 2.24) is 0 Å². The Morgan fingerprint density at radius 2 is 2.29 bits per heavy atom. The van der Waals surface area contributed by atoms with Gasteiger partial charge in [0.1, 0.15) is 0 Å². The second kappa shape index (κ2) is 6.88. The van der Waals surface area contributed by atoms with Gasteiger partial charge in [-0.2, -0.15) is 0 Å². The number of nitrogens with one attached hydrogen (secondary N) is 1. The molecule has 0 amide bonds. The van der Waals surface area contributed by atoms with Gasteiger partial charge in [0, 0.05) is 12.2 Å². The molecule has 0 fully saturated rings. The number of carbonyl (C=O) groups is 1. The number of carbonyl (C=O) groups excluding carboxylic acids is 1. The number of esters is 1. The van der Waals surface area contributed by atoms with Crippen molar-refractivity contribution in [1.29, 1.82) is 0 Å². The molecule has 0 radical (unpaired) electrons. The van der Waals surface area contributed by atoms with Crippen molar-refractivity contribution >= 4 is 11.7 Å². The molecule has 1 unspecified atom stereocenters. The Balaban J connectivity index is 2.62. The zero-order valence-corrected chi connectivity index (χ0v) is 9.72. The zero-order valence-electron chi connectivity index (χ0n) is 9.72. The van der Waals surface area contributed by atoms with E-state index < -0.39 is 6.10 Å². The van der Waals surface area contributed by atoms with Crippen LogP contribution in [0, 0.1) is 0 Å². The van der Waals surface area contributed by atoms with Crippen molar-refractivity contribution < 1.29 is 19.7 Å². The second-order valence-electron chi connectivity index (χ2n) is 3.52. The fraction of sp³-hybridized carbons (Fsp3) is 0.417. The van der Waals surface area contributed by atoms with Gasteiger partial charge < -0.3 is 20.3 Å². The van der Waals surface area contributed by atoms with E-state index in [0.717, 1.165) is 0 Å². The number of hydrogen-bond acceptors (Lipinski definition) is 5. The highest BCUT2D eigenvalue weighted by Crippen LogP contribution is 2.11. The average molecular weight is 239 g/mol. The first-order chi connectivity index (χ1) is 8.17. The van der Waals surface area contributed by atoms with Gasteiger partial charge in [0.05, 0.1) is 24.9 Å². The summed E-state index contributed by atoms with van der Waals surface area (Å²) in [7, 11) is 0. The van der Waals surface area contributed by atoms with Crippen molar-refractivity contribution in [3.05, 3.63) is 29.8 Å². The molecule has 1 rings (SSSR count). The van der Waals surface area contributed by atoms with Crippen LogP contribution < -0.4 is 5.32 Å². The number of benzene rings is 1. The van der Waals surface area contributed by atoms with Crippen molar-refractivity contribution in [3.8, 4) is 0 Å². The molecule has 0 spiro atoms. The van der Waals surface area contributed by atoms with E-state index in [4.69, 9.17) is 9.84 Å². The third-order valence-corrected chi connectivity index (χ3v) is 2.13. The number of ether oxygens (including phenoxy) is 1. The summed E-state index contributed by atoms with van der Waals surface area (Å²) >= 11 is 0. The molecule has 0 aliphatic heterocycles. The smallest absolute Gasteiger partial charge is 0.338 e. The first-order valence-electron chi connectivity index (χ1n) is 5.47. The molecule has 1 aromatic carbocycles. The second-order valence-corrected chi connectivity index (χ2v) is 3.52. The quantitative estimate of drug-likeness (QED) is 0.634. The van der Waals surface area contributed by atoms with Gasteiger partial charge in [0.15, 0.2) is 0 Å². The predicted octanol–water partition coefficient (Wildman–Crippen LogP) is 0.628. The largest absolute Gasteiger partial charge is 0.462 e. The highest BCUT2D eigenvalue weighted by Gasteiger charge is 2.07. The van der Waals surface area contributed by atoms with Crippen LogP contribution in [0.2, 0.25) is 0 Å². The summed E-state index contributed by atoms with van der Waals surface area (Å²) in [5.41, 5.74) is 1.15. The van der Waals surface area contributed by atoms with Crippen LogP contribution in [0.25, 0.3) is 0 Å². The molecule has 3 N–H and O–H groups in total. The summed E-state index contributed by atoms with van der Waals surface area (Å²) in [5.74, 6) is -0.376. The number of aliphatic hydroxyl groups is 2. The van der Waals surface area contributed by atoms with Crippen molar-refractivity contribution in [2.24, 2.45) is 0 Å². The van der Waals surface area contributed by atoms with Gasteiger partial charge >= 0.3 is 5.97 Å². The molecule has 17 heavy (non-hydrogen) atoms. The fourth-order valence-corrected chi connectivity index (χ4v) is 1.27. The molecule has 0 saturated heterocycles. The molecule has 5 nitrogen and oxygen atoms in total. The molecule has 94 valence electrons. The van der Waals surface area contributed by atoms with Gasteiger partial charge in [0.25, 0.3) is 0 Å². The van der Waals surface area contributed by atoms with Crippen LogP contribution in [-0.4, -0.2) is 42.0 Å². The molecule has 0 heterocycles. The van der Waals surface area contributed by atoms with E-state index in [-0.39, 0.29) is 19.1 Å². The summed E-state index contributed by atoms with van der Waals surface area (Å²) in [6.07, 6.45) is -0.818. The lowest BCUT2D eigenvalue weighted by molar-refractivity contribution is 0.0526. The lowest BCUT2D eigenvalue weighted by Crippen LogP contribution is -2.23. The highest BCUT2D eigenvalue weighted by atomic mass is 16.5. The van der Waals surface area contributed by atoms with Crippen LogP contribution in [0.4, 0.5) is 5.69 Å². The first kappa shape index (κ1) is 13.5. The Hall–Kier alpha value is -1.59. The summed E-state index contributed by atoms with van der Waals surface area (Å²) in [5, 5.41) is 20.8. The maximum absolute atomic E-state index is 11.5. The highest BCUT2D eigenvalue weighted by molar-refractivity contribution is 5.90. The molecule has 0 aromatic heterocycles. The van der Waals surface area contributed by atoms with E-state index in [1.807, 2.05) is 0 Å². The van der Waals surface area contributed by atoms with E-state index >= 15 is 0 Å². The molecular weight excluding hydrogens is 222 g/mol. The van der Waals surface area contributed by atoms with Gasteiger partial charge in [-0.3, -0.25) is 0 Å². The number of hydrogen-bond donors (Lipinski definition) is 3. The number of anilines is 1. The number of rotatable bonds is 6. The molecule has 1 aromatic rings. The van der Waals surface area contributed by atoms with Crippen molar-refractivity contribution in [2.75, 3.05) is 25.1 Å². The maximum atomic E-state index is 11.5. The minimum absolute atomic E-state index is 0.225. The van der Waals surface area contributed by atoms with Crippen LogP contribution in [0.1, 0.15) is 17.3 Å². The Bertz CT molecular complexity index is 367. The normalized spacial score (nSPS) is 11.9. The SMILES string of the molecule is CCOC(=O)c1cccc(NCC(O)CO)c1. The standard InChI is InChI=1S/C12H17NO4/c1-2-17-12(16)9-4-3-5-10(6-9)13-7-11(15)8-14/h3-6,11,13-15H,2,7-8H2,1H3. The molecule has 0 saturated carbocycles. The van der Waals surface area contributed by atoms with Gasteiger partial charge in [-0.25, -0.2) is 4.79 Å². The van der Waals surface area contributed by atoms with E-state index in [1.54, 1.807) is 31.2 Å². The Morgan fingerprint density at radius 3 is 2.94 bits per heavy atom. The van der Waals surface area contributed by atoms with Crippen LogP contribution in [0.3, 0.4) is 0 Å². The monoisotopic (exact) mass is 239 g/mol. The Labute approximate surface area is 100 Å². The summed E-state index contributed by atoms with van der Waals surface area (Å²) in [6.45, 7) is 2.00. The third kappa shape index (κ3) is 4.42. The van der Waals surface area contributed by atoms with E-state index in [0.29, 0.717) is 17.9 Å². The van der Waals surface area contributed by atoms with Crippen molar-refractivity contribution in [3.63, 3.8) is 0 Å². The Morgan fingerprint density at radius 1 is 1.53 bits per heavy atom. The third-order valence-electron chi connectivity index (χ3n) is 2.13. The van der Waals surface area contributed by atoms with Crippen LogP contribution in [0.5, 0.6) is 0 Å². The first-order valence-corrected chi connectivity index (χ1v) is 5.47. The Kier molecular flexibility index (Phi) is 5.45. The van der Waals surface area contributed by atoms with E-state index in [1.165, 1.54) is 0 Å². The molecule has 0 aliphatic carbocycles. The van der Waals surface area contributed by atoms with Gasteiger partial charge in [0.2, 0.25) is 0 Å². The summed E-state index contributed by atoms with van der Waals surface area (Å²) in [4.78, 5) is 11.5. The van der Waals surface area contributed by atoms with Crippen LogP contribution in [-0.2, 0) is 4.74 Å². The molecule has 0 aliphatic rings. The fourth-order valence-electron chi connectivity index (χ4n) is 1.27. The predicted molar refractivity (Wildman–Crippen MR) is 64.0 cm³/mol. The van der Waals surface area contributed by atoms with Crippen molar-refractivity contribution in [2.45, 2.75) is 13.0 Å². The summed E-state index contributed by atoms with van der Waals surface area (Å²) < 4.78 is 4.87. The zero-order chi connectivity index (χ0) is 12.7.